The van der Waals surface area contributed by atoms with E-state index in [1.807, 2.05) is 0 Å². The Morgan fingerprint density at radius 2 is 1.57 bits per heavy atom. The number of rotatable bonds is 10. The lowest BCUT2D eigenvalue weighted by Crippen LogP contribution is -2.04. The summed E-state index contributed by atoms with van der Waals surface area (Å²) >= 11 is 0. The molecule has 0 heterocycles. The normalized spacial score (nSPS) is 10.6. The number of hydrogen-bond donors (Lipinski definition) is 0. The minimum Gasteiger partial charge on any atom is -0.494 e. The minimum atomic E-state index is -0.480. The van der Waals surface area contributed by atoms with Crippen LogP contribution in [-0.4, -0.2) is 25.2 Å². The molecule has 0 saturated carbocycles. The molecule has 0 atom stereocenters. The van der Waals surface area contributed by atoms with Crippen LogP contribution < -0.4 is 9.47 Å². The maximum atomic E-state index is 12.0. The average Bonchev–Trinajstić information content (AvgIpc) is 2.71. The van der Waals surface area contributed by atoms with Gasteiger partial charge in [-0.2, -0.15) is 0 Å². The molecule has 0 saturated heterocycles. The van der Waals surface area contributed by atoms with Gasteiger partial charge in [0, 0.05) is 6.08 Å². The summed E-state index contributed by atoms with van der Waals surface area (Å²) in [5.74, 6) is 0.364. The van der Waals surface area contributed by atoms with E-state index in [1.54, 1.807) is 61.5 Å². The van der Waals surface area contributed by atoms with Gasteiger partial charge in [0.2, 0.25) is 0 Å². The smallest absolute Gasteiger partial charge is 0.338 e. The van der Waals surface area contributed by atoms with Crippen molar-refractivity contribution < 1.29 is 23.8 Å². The number of hydrogen-bond acceptors (Lipinski definition) is 5. The molecule has 28 heavy (non-hydrogen) atoms. The van der Waals surface area contributed by atoms with Gasteiger partial charge >= 0.3 is 11.9 Å². The molecule has 2 aromatic carbocycles. The second-order valence-electron chi connectivity index (χ2n) is 6.12. The first-order valence-electron chi connectivity index (χ1n) is 9.52. The molecule has 0 fully saturated rings. The van der Waals surface area contributed by atoms with Crippen molar-refractivity contribution in [3.05, 3.63) is 65.7 Å². The Kier molecular flexibility index (Phi) is 8.79. The summed E-state index contributed by atoms with van der Waals surface area (Å²) in [6.07, 6.45) is 6.30. The van der Waals surface area contributed by atoms with Gasteiger partial charge in [-0.25, -0.2) is 9.59 Å². The lowest BCUT2D eigenvalue weighted by atomic mass is 10.1. The maximum Gasteiger partial charge on any atom is 0.338 e. The fourth-order valence-corrected chi connectivity index (χ4v) is 2.41. The Morgan fingerprint density at radius 1 is 0.893 bits per heavy atom. The number of carbonyl (C=O) groups excluding carboxylic acids is 2. The number of carbonyl (C=O) groups is 2. The summed E-state index contributed by atoms with van der Waals surface area (Å²) < 4.78 is 15.8. The second-order valence-corrected chi connectivity index (χ2v) is 6.12. The van der Waals surface area contributed by atoms with Crippen LogP contribution in [0.5, 0.6) is 11.5 Å². The van der Waals surface area contributed by atoms with Gasteiger partial charge in [0.15, 0.2) is 0 Å². The van der Waals surface area contributed by atoms with Gasteiger partial charge in [0.25, 0.3) is 0 Å². The molecule has 2 aromatic rings. The number of benzene rings is 2. The summed E-state index contributed by atoms with van der Waals surface area (Å²) in [6.45, 7) is 4.92. The molecule has 2 rings (SSSR count). The number of esters is 2. The lowest BCUT2D eigenvalue weighted by Gasteiger charge is -2.06. The van der Waals surface area contributed by atoms with Crippen LogP contribution in [0.15, 0.2) is 54.6 Å². The zero-order chi connectivity index (χ0) is 20.2. The van der Waals surface area contributed by atoms with Gasteiger partial charge in [0.05, 0.1) is 18.8 Å². The predicted octanol–water partition coefficient (Wildman–Crippen LogP) is 5.05. The van der Waals surface area contributed by atoms with Crippen LogP contribution in [0.25, 0.3) is 6.08 Å². The highest BCUT2D eigenvalue weighted by atomic mass is 16.5. The highest BCUT2D eigenvalue weighted by Crippen LogP contribution is 2.18. The topological polar surface area (TPSA) is 61.8 Å². The maximum absolute atomic E-state index is 12.0. The first-order valence-corrected chi connectivity index (χ1v) is 9.52. The third kappa shape index (κ3) is 7.27. The van der Waals surface area contributed by atoms with Gasteiger partial charge in [-0.1, -0.05) is 31.9 Å². The molecule has 0 aliphatic heterocycles. The van der Waals surface area contributed by atoms with Crippen LogP contribution in [-0.2, 0) is 9.53 Å². The molecule has 0 radical (unpaired) electrons. The molecule has 5 nitrogen and oxygen atoms in total. The molecule has 0 aliphatic rings. The third-order valence-electron chi connectivity index (χ3n) is 3.89. The van der Waals surface area contributed by atoms with Gasteiger partial charge in [-0.05, 0) is 61.4 Å². The molecule has 0 aliphatic carbocycles. The molecule has 5 heteroatoms. The van der Waals surface area contributed by atoms with E-state index in [0.717, 1.165) is 30.6 Å². The van der Waals surface area contributed by atoms with Crippen LogP contribution in [0.2, 0.25) is 0 Å². The zero-order valence-corrected chi connectivity index (χ0v) is 16.4. The number of unbranched alkanes of at least 4 members (excludes halogenated alkanes) is 2. The highest BCUT2D eigenvalue weighted by Gasteiger charge is 2.05. The van der Waals surface area contributed by atoms with Crippen LogP contribution in [0.3, 0.4) is 0 Å². The predicted molar refractivity (Wildman–Crippen MR) is 109 cm³/mol. The largest absolute Gasteiger partial charge is 0.494 e. The first kappa shape index (κ1) is 21.2. The van der Waals surface area contributed by atoms with Crippen LogP contribution in [0.1, 0.15) is 49.0 Å². The van der Waals surface area contributed by atoms with Crippen molar-refractivity contribution in [2.75, 3.05) is 13.2 Å². The Hall–Kier alpha value is -3.08. The van der Waals surface area contributed by atoms with Crippen LogP contribution >= 0.6 is 0 Å². The van der Waals surface area contributed by atoms with E-state index < -0.39 is 5.97 Å². The van der Waals surface area contributed by atoms with Crippen LogP contribution in [0.4, 0.5) is 0 Å². The van der Waals surface area contributed by atoms with Gasteiger partial charge in [0.1, 0.15) is 11.5 Å². The van der Waals surface area contributed by atoms with Crippen molar-refractivity contribution in [1.29, 1.82) is 0 Å². The Morgan fingerprint density at radius 3 is 2.21 bits per heavy atom. The Balaban J connectivity index is 1.83. The summed E-state index contributed by atoms with van der Waals surface area (Å²) in [6, 6.07) is 13.8. The van der Waals surface area contributed by atoms with Gasteiger partial charge in [-0.15, -0.1) is 0 Å². The summed E-state index contributed by atoms with van der Waals surface area (Å²) in [4.78, 5) is 23.6. The number of ether oxygens (including phenoxy) is 3. The molecule has 0 N–H and O–H groups in total. The molecule has 0 amide bonds. The molecule has 0 unspecified atom stereocenters. The summed E-state index contributed by atoms with van der Waals surface area (Å²) in [5, 5.41) is 0. The Bertz CT molecular complexity index is 776. The van der Waals surface area contributed by atoms with E-state index in [1.165, 1.54) is 6.08 Å². The van der Waals surface area contributed by atoms with Crippen molar-refractivity contribution in [1.82, 2.24) is 0 Å². The molecular weight excluding hydrogens is 356 g/mol. The van der Waals surface area contributed by atoms with E-state index in [4.69, 9.17) is 14.2 Å². The van der Waals surface area contributed by atoms with Crippen LogP contribution in [0, 0.1) is 0 Å². The van der Waals surface area contributed by atoms with Crippen molar-refractivity contribution in [3.63, 3.8) is 0 Å². The van der Waals surface area contributed by atoms with E-state index in [2.05, 4.69) is 6.92 Å². The third-order valence-corrected chi connectivity index (χ3v) is 3.89. The first-order chi connectivity index (χ1) is 13.6. The van der Waals surface area contributed by atoms with Gasteiger partial charge in [-0.3, -0.25) is 0 Å². The molecule has 148 valence electrons. The molecular formula is C23H26O5. The van der Waals surface area contributed by atoms with Crippen molar-refractivity contribution in [2.45, 2.75) is 33.1 Å². The standard InChI is InChI=1S/C23H26O5/c1-3-5-6-17-27-20-12-14-21(15-13-20)28-22(24)16-9-18-7-10-19(11-8-18)23(25)26-4-2/h7-16H,3-6,17H2,1-2H3/b16-9+. The zero-order valence-electron chi connectivity index (χ0n) is 16.4. The van der Waals surface area contributed by atoms with Gasteiger partial charge < -0.3 is 14.2 Å². The van der Waals surface area contributed by atoms with E-state index >= 15 is 0 Å². The SMILES string of the molecule is CCCCCOc1ccc(OC(=O)/C=C/c2ccc(C(=O)OCC)cc2)cc1. The van der Waals surface area contributed by atoms with E-state index in [9.17, 15) is 9.59 Å². The highest BCUT2D eigenvalue weighted by molar-refractivity contribution is 5.91. The fraction of sp³-hybridized carbons (Fsp3) is 0.304. The van der Waals surface area contributed by atoms with Crippen molar-refractivity contribution >= 4 is 18.0 Å². The average molecular weight is 382 g/mol. The quantitative estimate of drug-likeness (QED) is 0.249. The second kappa shape index (κ2) is 11.6. The molecule has 0 spiro atoms. The van der Waals surface area contributed by atoms with Crippen molar-refractivity contribution in [3.8, 4) is 11.5 Å². The molecule has 0 bridgehead atoms. The monoisotopic (exact) mass is 382 g/mol. The van der Waals surface area contributed by atoms with E-state index in [-0.39, 0.29) is 5.97 Å². The molecule has 0 aromatic heterocycles. The summed E-state index contributed by atoms with van der Waals surface area (Å²) in [5.41, 5.74) is 1.25. The minimum absolute atomic E-state index is 0.332. The Labute approximate surface area is 165 Å². The fourth-order valence-electron chi connectivity index (χ4n) is 2.41. The van der Waals surface area contributed by atoms with E-state index in [0.29, 0.717) is 24.5 Å². The summed E-state index contributed by atoms with van der Waals surface area (Å²) in [7, 11) is 0. The lowest BCUT2D eigenvalue weighted by molar-refractivity contribution is -0.128. The van der Waals surface area contributed by atoms with Crippen molar-refractivity contribution in [2.24, 2.45) is 0 Å².